The van der Waals surface area contributed by atoms with E-state index < -0.39 is 0 Å². The zero-order chi connectivity index (χ0) is 17.9. The summed E-state index contributed by atoms with van der Waals surface area (Å²) in [5, 5.41) is 0. The molecule has 2 heterocycles. The van der Waals surface area contributed by atoms with E-state index in [1.54, 1.807) is 0 Å². The Hall–Kier alpha value is -1.00. The summed E-state index contributed by atoms with van der Waals surface area (Å²) >= 11 is 10.4. The Morgan fingerprint density at radius 1 is 0.917 bits per heavy atom. The van der Waals surface area contributed by atoms with Gasteiger partial charge in [-0.2, -0.15) is 0 Å². The molecule has 2 aliphatic heterocycles. The number of terminal acetylenes is 1. The van der Waals surface area contributed by atoms with Gasteiger partial charge in [0.2, 0.25) is 0 Å². The van der Waals surface area contributed by atoms with E-state index in [9.17, 15) is 0 Å². The van der Waals surface area contributed by atoms with E-state index in [4.69, 9.17) is 30.9 Å². The first kappa shape index (κ1) is 21.0. The van der Waals surface area contributed by atoms with Crippen LogP contribution < -0.4 is 0 Å². The van der Waals surface area contributed by atoms with Gasteiger partial charge >= 0.3 is 0 Å². The fraction of sp³-hybridized carbons (Fsp3) is 0.667. The predicted molar refractivity (Wildman–Crippen MR) is 112 cm³/mol. The number of hydrogen-bond acceptors (Lipinski definition) is 4. The highest BCUT2D eigenvalue weighted by atomic mass is 32.1. The standard InChI is InChI=1S/C9H16N2S.C9H14N2S/c2*1-3-4-9(12)11-7-5-10(2)6-8-11/h3H,1,4-8H2,2H3;1H,4-8H2,2H3. The highest BCUT2D eigenvalue weighted by Crippen LogP contribution is 2.04. The summed E-state index contributed by atoms with van der Waals surface area (Å²) in [5.74, 6) is 2.58. The van der Waals surface area contributed by atoms with Crippen molar-refractivity contribution in [2.75, 3.05) is 66.5 Å². The molecule has 0 aromatic rings. The Balaban J connectivity index is 0.000000240. The Bertz CT molecular complexity index is 456. The highest BCUT2D eigenvalue weighted by molar-refractivity contribution is 7.80. The molecular weight excluding hydrogens is 336 g/mol. The third-order valence-corrected chi connectivity index (χ3v) is 5.11. The second-order valence-corrected chi connectivity index (χ2v) is 7.18. The molecule has 134 valence electrons. The van der Waals surface area contributed by atoms with Gasteiger partial charge in [0.25, 0.3) is 0 Å². The maximum Gasteiger partial charge on any atom is 0.0900 e. The van der Waals surface area contributed by atoms with Crippen molar-refractivity contribution in [2.24, 2.45) is 0 Å². The minimum atomic E-state index is 0.610. The Kier molecular flexibility index (Phi) is 10.1. The van der Waals surface area contributed by atoms with Crippen LogP contribution in [0.2, 0.25) is 0 Å². The van der Waals surface area contributed by atoms with E-state index in [1.165, 1.54) is 0 Å². The van der Waals surface area contributed by atoms with Gasteiger partial charge in [0.05, 0.1) is 16.4 Å². The molecule has 2 fully saturated rings. The summed E-state index contributed by atoms with van der Waals surface area (Å²) in [6.07, 6.45) is 8.52. The molecule has 0 aromatic carbocycles. The molecule has 24 heavy (non-hydrogen) atoms. The molecule has 2 saturated heterocycles. The van der Waals surface area contributed by atoms with Crippen LogP contribution in [0.3, 0.4) is 0 Å². The lowest BCUT2D eigenvalue weighted by Crippen LogP contribution is -2.46. The zero-order valence-corrected chi connectivity index (χ0v) is 16.7. The molecule has 4 nitrogen and oxygen atoms in total. The van der Waals surface area contributed by atoms with Crippen molar-refractivity contribution in [1.29, 1.82) is 0 Å². The summed E-state index contributed by atoms with van der Waals surface area (Å²) in [7, 11) is 4.27. The first-order valence-electron chi connectivity index (χ1n) is 8.45. The summed E-state index contributed by atoms with van der Waals surface area (Å²) in [5.41, 5.74) is 0. The third-order valence-electron chi connectivity index (χ3n) is 4.28. The Morgan fingerprint density at radius 2 is 1.33 bits per heavy atom. The van der Waals surface area contributed by atoms with Crippen LogP contribution >= 0.6 is 24.4 Å². The molecule has 0 spiro atoms. The van der Waals surface area contributed by atoms with E-state index >= 15 is 0 Å². The largest absolute Gasteiger partial charge is 0.363 e. The number of hydrogen-bond donors (Lipinski definition) is 0. The van der Waals surface area contributed by atoms with Crippen LogP contribution in [0.1, 0.15) is 12.8 Å². The van der Waals surface area contributed by atoms with Crippen molar-refractivity contribution in [3.05, 3.63) is 12.7 Å². The fourth-order valence-corrected chi connectivity index (χ4v) is 3.13. The van der Waals surface area contributed by atoms with Crippen LogP contribution in [0.4, 0.5) is 0 Å². The molecule has 0 aliphatic carbocycles. The number of likely N-dealkylation sites (N-methyl/N-ethyl adjacent to an activating group) is 2. The molecule has 0 aromatic heterocycles. The maximum atomic E-state index is 5.25. The van der Waals surface area contributed by atoms with Crippen LogP contribution in [0, 0.1) is 12.3 Å². The topological polar surface area (TPSA) is 13.0 Å². The van der Waals surface area contributed by atoms with Crippen molar-refractivity contribution in [3.63, 3.8) is 0 Å². The molecule has 2 aliphatic rings. The number of rotatable bonds is 3. The predicted octanol–water partition coefficient (Wildman–Crippen LogP) is 1.72. The minimum absolute atomic E-state index is 0.610. The van der Waals surface area contributed by atoms with Crippen LogP contribution in [0.25, 0.3) is 0 Å². The van der Waals surface area contributed by atoms with Crippen molar-refractivity contribution < 1.29 is 0 Å². The number of piperazine rings is 2. The van der Waals surface area contributed by atoms with Crippen LogP contribution in [0.15, 0.2) is 12.7 Å². The van der Waals surface area contributed by atoms with Crippen LogP contribution in [-0.4, -0.2) is 96.0 Å². The van der Waals surface area contributed by atoms with Crippen molar-refractivity contribution in [3.8, 4) is 12.3 Å². The molecule has 0 radical (unpaired) electrons. The molecule has 6 heteroatoms. The monoisotopic (exact) mass is 366 g/mol. The Labute approximate surface area is 158 Å². The molecule has 0 N–H and O–H groups in total. The van der Waals surface area contributed by atoms with E-state index in [0.29, 0.717) is 6.42 Å². The van der Waals surface area contributed by atoms with Crippen molar-refractivity contribution in [1.82, 2.24) is 19.6 Å². The van der Waals surface area contributed by atoms with Gasteiger partial charge in [-0.1, -0.05) is 36.4 Å². The van der Waals surface area contributed by atoms with E-state index in [2.05, 4.69) is 46.2 Å². The lowest BCUT2D eigenvalue weighted by atomic mass is 10.3. The molecule has 0 unspecified atom stereocenters. The lowest BCUT2D eigenvalue weighted by molar-refractivity contribution is 0.216. The number of nitrogens with zero attached hydrogens (tertiary/aromatic N) is 4. The van der Waals surface area contributed by atoms with Crippen LogP contribution in [-0.2, 0) is 0 Å². The van der Waals surface area contributed by atoms with Crippen molar-refractivity contribution in [2.45, 2.75) is 12.8 Å². The van der Waals surface area contributed by atoms with Gasteiger partial charge in [-0.25, -0.2) is 0 Å². The average Bonchev–Trinajstić information content (AvgIpc) is 2.57. The fourth-order valence-electron chi connectivity index (χ4n) is 2.56. The summed E-state index contributed by atoms with van der Waals surface area (Å²) in [4.78, 5) is 11.1. The van der Waals surface area contributed by atoms with Crippen molar-refractivity contribution >= 4 is 34.4 Å². The lowest BCUT2D eigenvalue weighted by Gasteiger charge is -2.33. The number of thiocarbonyl (C=S) groups is 2. The summed E-state index contributed by atoms with van der Waals surface area (Å²) in [6.45, 7) is 12.3. The second-order valence-electron chi connectivity index (χ2n) is 6.24. The van der Waals surface area contributed by atoms with Gasteiger partial charge < -0.3 is 19.6 Å². The summed E-state index contributed by atoms with van der Waals surface area (Å²) < 4.78 is 0. The minimum Gasteiger partial charge on any atom is -0.363 e. The first-order valence-corrected chi connectivity index (χ1v) is 9.26. The van der Waals surface area contributed by atoms with E-state index in [0.717, 1.165) is 68.8 Å². The van der Waals surface area contributed by atoms with Gasteiger partial charge in [-0.3, -0.25) is 0 Å². The van der Waals surface area contributed by atoms with Gasteiger partial charge in [0.1, 0.15) is 0 Å². The zero-order valence-electron chi connectivity index (χ0n) is 15.0. The molecule has 0 atom stereocenters. The van der Waals surface area contributed by atoms with E-state index in [1.807, 2.05) is 6.08 Å². The van der Waals surface area contributed by atoms with Crippen LogP contribution in [0.5, 0.6) is 0 Å². The molecule has 0 saturated carbocycles. The van der Waals surface area contributed by atoms with Gasteiger partial charge in [-0.15, -0.1) is 13.0 Å². The third kappa shape index (κ3) is 7.71. The first-order chi connectivity index (χ1) is 11.5. The van der Waals surface area contributed by atoms with E-state index in [-0.39, 0.29) is 0 Å². The quantitative estimate of drug-likeness (QED) is 0.425. The van der Waals surface area contributed by atoms with Gasteiger partial charge in [-0.05, 0) is 14.1 Å². The molecule has 2 rings (SSSR count). The Morgan fingerprint density at radius 3 is 1.71 bits per heavy atom. The maximum absolute atomic E-state index is 5.25. The molecule has 0 amide bonds. The van der Waals surface area contributed by atoms with Gasteiger partial charge in [0.15, 0.2) is 0 Å². The second kappa shape index (κ2) is 11.5. The molecule has 0 bridgehead atoms. The SMILES string of the molecule is C#CCC(=S)N1CCN(C)CC1.C=CCC(=S)N1CCN(C)CC1. The molecular formula is C18H30N4S2. The summed E-state index contributed by atoms with van der Waals surface area (Å²) in [6, 6.07) is 0. The van der Waals surface area contributed by atoms with Gasteiger partial charge in [0, 0.05) is 58.8 Å². The highest BCUT2D eigenvalue weighted by Gasteiger charge is 2.15. The normalized spacial score (nSPS) is 19.0. The smallest absolute Gasteiger partial charge is 0.0900 e. The average molecular weight is 367 g/mol.